The van der Waals surface area contributed by atoms with Gasteiger partial charge in [0.2, 0.25) is 0 Å². The van der Waals surface area contributed by atoms with Crippen LogP contribution in [-0.2, 0) is 13.0 Å². The molecule has 0 saturated heterocycles. The Bertz CT molecular complexity index is 946. The van der Waals surface area contributed by atoms with Crippen molar-refractivity contribution in [3.63, 3.8) is 0 Å². The van der Waals surface area contributed by atoms with Crippen LogP contribution in [-0.4, -0.2) is 27.4 Å². The van der Waals surface area contributed by atoms with Crippen molar-refractivity contribution >= 4 is 11.7 Å². The smallest absolute Gasteiger partial charge is 0.320 e. The highest BCUT2D eigenvalue weighted by molar-refractivity contribution is 5.89. The summed E-state index contributed by atoms with van der Waals surface area (Å²) in [7, 11) is 0. The van der Waals surface area contributed by atoms with Crippen molar-refractivity contribution in [1.82, 2.24) is 14.9 Å². The normalized spacial score (nSPS) is 13.2. The lowest BCUT2D eigenvalue weighted by Gasteiger charge is -2.28. The van der Waals surface area contributed by atoms with Gasteiger partial charge < -0.3 is 10.2 Å². The second-order valence-electron chi connectivity index (χ2n) is 6.14. The van der Waals surface area contributed by atoms with Gasteiger partial charge in [0.25, 0.3) is 0 Å². The molecule has 130 valence electrons. The number of anilines is 1. The molecule has 0 fully saturated rings. The quantitative estimate of drug-likeness (QED) is 0.765. The Morgan fingerprint density at radius 2 is 1.96 bits per heavy atom. The van der Waals surface area contributed by atoms with Crippen LogP contribution in [0, 0.1) is 5.82 Å². The predicted molar refractivity (Wildman–Crippen MR) is 97.0 cm³/mol. The first-order valence-corrected chi connectivity index (χ1v) is 8.41. The number of amides is 2. The van der Waals surface area contributed by atoms with E-state index in [1.54, 1.807) is 23.2 Å². The van der Waals surface area contributed by atoms with Gasteiger partial charge in [0.05, 0.1) is 12.2 Å². The van der Waals surface area contributed by atoms with Gasteiger partial charge in [-0.25, -0.2) is 19.2 Å². The molecule has 1 N–H and O–H groups in total. The summed E-state index contributed by atoms with van der Waals surface area (Å²) in [5.41, 5.74) is 3.32. The van der Waals surface area contributed by atoms with E-state index in [0.29, 0.717) is 31.0 Å². The Kier molecular flexibility index (Phi) is 4.31. The summed E-state index contributed by atoms with van der Waals surface area (Å²) in [6, 6.07) is 15.4. The summed E-state index contributed by atoms with van der Waals surface area (Å²) in [6.07, 6.45) is 2.44. The third-order valence-electron chi connectivity index (χ3n) is 4.33. The zero-order chi connectivity index (χ0) is 17.9. The molecular formula is C20H17FN4O. The summed E-state index contributed by atoms with van der Waals surface area (Å²) in [4.78, 5) is 23.2. The lowest BCUT2D eigenvalue weighted by Crippen LogP contribution is -2.39. The molecule has 2 heterocycles. The van der Waals surface area contributed by atoms with E-state index in [0.717, 1.165) is 16.8 Å². The minimum absolute atomic E-state index is 0.256. The molecule has 26 heavy (non-hydrogen) atoms. The van der Waals surface area contributed by atoms with Crippen molar-refractivity contribution in [2.45, 2.75) is 13.0 Å². The van der Waals surface area contributed by atoms with Gasteiger partial charge in [0.15, 0.2) is 5.82 Å². The summed E-state index contributed by atoms with van der Waals surface area (Å²) in [5, 5.41) is 2.73. The average Bonchev–Trinajstić information content (AvgIpc) is 2.68. The van der Waals surface area contributed by atoms with Crippen LogP contribution in [0.4, 0.5) is 14.9 Å². The number of nitrogens with zero attached hydrogens (tertiary/aromatic N) is 3. The van der Waals surface area contributed by atoms with E-state index in [4.69, 9.17) is 0 Å². The molecule has 1 aliphatic rings. The average molecular weight is 348 g/mol. The summed E-state index contributed by atoms with van der Waals surface area (Å²) < 4.78 is 13.3. The maximum Gasteiger partial charge on any atom is 0.322 e. The number of halogens is 1. The lowest BCUT2D eigenvalue weighted by molar-refractivity contribution is 0.206. The molecule has 0 spiro atoms. The molecule has 0 aliphatic carbocycles. The molecule has 6 heteroatoms. The van der Waals surface area contributed by atoms with Crippen LogP contribution in [0.1, 0.15) is 11.3 Å². The van der Waals surface area contributed by atoms with Gasteiger partial charge in [0, 0.05) is 36.0 Å². The second-order valence-corrected chi connectivity index (χ2v) is 6.14. The Labute approximate surface area is 150 Å². The van der Waals surface area contributed by atoms with Crippen LogP contribution in [0.15, 0.2) is 60.8 Å². The van der Waals surface area contributed by atoms with Gasteiger partial charge in [-0.15, -0.1) is 0 Å². The van der Waals surface area contributed by atoms with Crippen LogP contribution in [0.2, 0.25) is 0 Å². The van der Waals surface area contributed by atoms with Crippen LogP contribution in [0.25, 0.3) is 11.4 Å². The fraction of sp³-hybridized carbons (Fsp3) is 0.150. The number of carbonyl (C=O) groups is 1. The van der Waals surface area contributed by atoms with E-state index in [2.05, 4.69) is 15.3 Å². The van der Waals surface area contributed by atoms with Crippen LogP contribution in [0.5, 0.6) is 0 Å². The molecule has 3 aromatic rings. The minimum Gasteiger partial charge on any atom is -0.320 e. The van der Waals surface area contributed by atoms with Crippen molar-refractivity contribution in [1.29, 1.82) is 0 Å². The number of rotatable bonds is 2. The van der Waals surface area contributed by atoms with Gasteiger partial charge in [-0.2, -0.15) is 0 Å². The van der Waals surface area contributed by atoms with Crippen molar-refractivity contribution in [3.8, 4) is 11.4 Å². The number of benzene rings is 2. The van der Waals surface area contributed by atoms with Crippen LogP contribution in [0.3, 0.4) is 0 Å². The molecule has 1 aliphatic heterocycles. The number of aromatic nitrogens is 2. The highest BCUT2D eigenvalue weighted by atomic mass is 19.1. The van der Waals surface area contributed by atoms with Crippen molar-refractivity contribution < 1.29 is 9.18 Å². The summed E-state index contributed by atoms with van der Waals surface area (Å²) in [5.74, 6) is 0.315. The molecular weight excluding hydrogens is 331 g/mol. The maximum atomic E-state index is 13.3. The number of carbonyl (C=O) groups excluding carboxylic acids is 1. The van der Waals surface area contributed by atoms with Gasteiger partial charge in [-0.3, -0.25) is 0 Å². The van der Waals surface area contributed by atoms with E-state index in [1.807, 2.05) is 30.3 Å². The number of nitrogens with one attached hydrogen (secondary N) is 1. The zero-order valence-electron chi connectivity index (χ0n) is 14.0. The fourth-order valence-corrected chi connectivity index (χ4v) is 2.98. The largest absolute Gasteiger partial charge is 0.322 e. The number of urea groups is 1. The fourth-order valence-electron chi connectivity index (χ4n) is 2.98. The van der Waals surface area contributed by atoms with Crippen molar-refractivity contribution in [2.24, 2.45) is 0 Å². The maximum absolute atomic E-state index is 13.3. The van der Waals surface area contributed by atoms with Gasteiger partial charge in [-0.05, 0) is 18.2 Å². The molecule has 0 radical (unpaired) electrons. The van der Waals surface area contributed by atoms with E-state index in [1.165, 1.54) is 12.1 Å². The highest BCUT2D eigenvalue weighted by Crippen LogP contribution is 2.21. The van der Waals surface area contributed by atoms with Crippen molar-refractivity contribution in [2.75, 3.05) is 11.9 Å². The third kappa shape index (κ3) is 3.39. The number of fused-ring (bicyclic) bond motifs is 1. The third-order valence-corrected chi connectivity index (χ3v) is 4.33. The Balaban J connectivity index is 1.48. The Morgan fingerprint density at radius 1 is 1.12 bits per heavy atom. The Hall–Kier alpha value is -3.28. The number of hydrogen-bond donors (Lipinski definition) is 1. The molecule has 0 atom stereocenters. The molecule has 2 amide bonds. The molecule has 0 unspecified atom stereocenters. The van der Waals surface area contributed by atoms with E-state index >= 15 is 0 Å². The minimum atomic E-state index is -0.381. The molecule has 2 aromatic carbocycles. The second kappa shape index (κ2) is 6.92. The monoisotopic (exact) mass is 348 g/mol. The highest BCUT2D eigenvalue weighted by Gasteiger charge is 2.22. The van der Waals surface area contributed by atoms with Gasteiger partial charge in [0.1, 0.15) is 5.82 Å². The van der Waals surface area contributed by atoms with E-state index < -0.39 is 0 Å². The summed E-state index contributed by atoms with van der Waals surface area (Å²) in [6.45, 7) is 0.991. The van der Waals surface area contributed by atoms with E-state index in [-0.39, 0.29) is 11.8 Å². The molecule has 0 saturated carbocycles. The molecule has 0 bridgehead atoms. The van der Waals surface area contributed by atoms with Crippen LogP contribution >= 0.6 is 0 Å². The zero-order valence-corrected chi connectivity index (χ0v) is 14.0. The topological polar surface area (TPSA) is 58.1 Å². The Morgan fingerprint density at radius 3 is 2.77 bits per heavy atom. The van der Waals surface area contributed by atoms with Gasteiger partial charge >= 0.3 is 6.03 Å². The SMILES string of the molecule is O=C(Nc1cccc(F)c1)N1CCc2nc(-c3ccccc3)ncc2C1. The van der Waals surface area contributed by atoms with E-state index in [9.17, 15) is 9.18 Å². The summed E-state index contributed by atoms with van der Waals surface area (Å²) >= 11 is 0. The molecule has 5 nitrogen and oxygen atoms in total. The molecule has 4 rings (SSSR count). The van der Waals surface area contributed by atoms with Crippen LogP contribution < -0.4 is 5.32 Å². The number of hydrogen-bond acceptors (Lipinski definition) is 3. The predicted octanol–water partition coefficient (Wildman–Crippen LogP) is 3.87. The first-order valence-electron chi connectivity index (χ1n) is 8.41. The lowest BCUT2D eigenvalue weighted by atomic mass is 10.1. The van der Waals surface area contributed by atoms with Crippen molar-refractivity contribution in [3.05, 3.63) is 77.9 Å². The standard InChI is InChI=1S/C20H17FN4O/c21-16-7-4-8-17(11-16)23-20(26)25-10-9-18-15(13-25)12-22-19(24-18)14-5-2-1-3-6-14/h1-8,11-12H,9-10,13H2,(H,23,26). The van der Waals surface area contributed by atoms with Gasteiger partial charge in [-0.1, -0.05) is 36.4 Å². The first-order chi connectivity index (χ1) is 12.7. The first kappa shape index (κ1) is 16.2. The molecule has 1 aromatic heterocycles.